The Morgan fingerprint density at radius 3 is 2.96 bits per heavy atom. The molecule has 1 saturated heterocycles. The van der Waals surface area contributed by atoms with Crippen LogP contribution in [0.1, 0.15) is 40.8 Å². The highest BCUT2D eigenvalue weighted by Gasteiger charge is 2.32. The van der Waals surface area contributed by atoms with Gasteiger partial charge in [0, 0.05) is 24.8 Å². The number of nitrogens with one attached hydrogen (secondary N) is 1. The van der Waals surface area contributed by atoms with Gasteiger partial charge in [-0.2, -0.15) is 15.4 Å². The molecule has 3 aromatic rings. The van der Waals surface area contributed by atoms with Crippen LogP contribution in [-0.2, 0) is 6.54 Å². The molecule has 1 atom stereocenters. The monoisotopic (exact) mass is 351 g/mol. The summed E-state index contributed by atoms with van der Waals surface area (Å²) in [7, 11) is 4.01. The Balaban J connectivity index is 1.60. The highest BCUT2D eigenvalue weighted by atomic mass is 16.2. The largest absolute Gasteiger partial charge is 0.328 e. The lowest BCUT2D eigenvalue weighted by Gasteiger charge is -2.24. The Morgan fingerprint density at radius 1 is 1.27 bits per heavy atom. The molecule has 0 bridgehead atoms. The fraction of sp³-hybridized carbons (Fsp3) is 0.389. The Bertz CT molecular complexity index is 936. The number of carbonyl (C=O) groups is 1. The summed E-state index contributed by atoms with van der Waals surface area (Å²) in [5.74, 6) is 0.705. The zero-order chi connectivity index (χ0) is 18.1. The van der Waals surface area contributed by atoms with Gasteiger partial charge in [-0.05, 0) is 51.2 Å². The van der Waals surface area contributed by atoms with Crippen molar-refractivity contribution in [2.24, 2.45) is 0 Å². The molecule has 3 heterocycles. The predicted molar refractivity (Wildman–Crippen MR) is 96.3 cm³/mol. The molecule has 1 fully saturated rings. The molecule has 134 valence electrons. The van der Waals surface area contributed by atoms with Crippen molar-refractivity contribution in [2.45, 2.75) is 25.4 Å². The first kappa shape index (κ1) is 16.6. The molecular formula is C18H21N7O. The Morgan fingerprint density at radius 2 is 2.12 bits per heavy atom. The van der Waals surface area contributed by atoms with Crippen LogP contribution in [0, 0.1) is 0 Å². The lowest BCUT2D eigenvalue weighted by atomic mass is 10.1. The van der Waals surface area contributed by atoms with Crippen LogP contribution in [0.4, 0.5) is 0 Å². The lowest BCUT2D eigenvalue weighted by Crippen LogP contribution is -2.31. The first-order chi connectivity index (χ1) is 12.6. The van der Waals surface area contributed by atoms with Crippen LogP contribution in [0.25, 0.3) is 11.0 Å². The third-order valence-electron chi connectivity index (χ3n) is 4.59. The standard InChI is InChI=1S/C18H21N7O/c1-24(2)11-13-7-8-19-17(20-13)16-4-3-9-25(16)18(26)12-5-6-14-15(10-12)22-23-21-14/h5-8,10,16H,3-4,9,11H2,1-2H3,(H,21,22,23). The van der Waals surface area contributed by atoms with Gasteiger partial charge in [0.1, 0.15) is 11.0 Å². The average Bonchev–Trinajstić information content (AvgIpc) is 3.29. The fourth-order valence-electron chi connectivity index (χ4n) is 3.40. The molecule has 0 radical (unpaired) electrons. The van der Waals surface area contributed by atoms with Crippen molar-refractivity contribution in [1.82, 2.24) is 35.2 Å². The van der Waals surface area contributed by atoms with E-state index in [9.17, 15) is 4.79 Å². The van der Waals surface area contributed by atoms with Gasteiger partial charge in [0.15, 0.2) is 5.82 Å². The van der Waals surface area contributed by atoms with Crippen LogP contribution in [0.15, 0.2) is 30.5 Å². The zero-order valence-electron chi connectivity index (χ0n) is 14.9. The molecule has 0 saturated carbocycles. The van der Waals surface area contributed by atoms with Crippen LogP contribution >= 0.6 is 0 Å². The van der Waals surface area contributed by atoms with Gasteiger partial charge < -0.3 is 9.80 Å². The smallest absolute Gasteiger partial charge is 0.254 e. The first-order valence-electron chi connectivity index (χ1n) is 8.70. The Kier molecular flexibility index (Phi) is 4.34. The summed E-state index contributed by atoms with van der Waals surface area (Å²) in [5, 5.41) is 10.7. The minimum Gasteiger partial charge on any atom is -0.328 e. The topological polar surface area (TPSA) is 90.9 Å². The van der Waals surface area contributed by atoms with Crippen LogP contribution in [0.3, 0.4) is 0 Å². The number of aromatic nitrogens is 5. The molecule has 4 rings (SSSR count). The maximum absolute atomic E-state index is 13.1. The molecule has 1 aliphatic rings. The van der Waals surface area contributed by atoms with E-state index < -0.39 is 0 Å². The molecule has 1 aliphatic heterocycles. The third-order valence-corrected chi connectivity index (χ3v) is 4.59. The van der Waals surface area contributed by atoms with Gasteiger partial charge in [0.2, 0.25) is 0 Å². The molecule has 8 heteroatoms. The zero-order valence-corrected chi connectivity index (χ0v) is 14.9. The summed E-state index contributed by atoms with van der Waals surface area (Å²) in [6.45, 7) is 1.46. The normalized spacial score (nSPS) is 17.3. The summed E-state index contributed by atoms with van der Waals surface area (Å²) in [5.41, 5.74) is 3.01. The second-order valence-electron chi connectivity index (χ2n) is 6.83. The molecule has 0 spiro atoms. The van der Waals surface area contributed by atoms with Gasteiger partial charge in [-0.1, -0.05) is 0 Å². The van der Waals surface area contributed by atoms with Crippen LogP contribution in [0.2, 0.25) is 0 Å². The van der Waals surface area contributed by atoms with Crippen molar-refractivity contribution < 1.29 is 4.79 Å². The molecule has 1 amide bonds. The van der Waals surface area contributed by atoms with Crippen molar-refractivity contribution in [1.29, 1.82) is 0 Å². The minimum atomic E-state index is -0.0855. The predicted octanol–water partition coefficient (Wildman–Crippen LogP) is 1.79. The molecule has 26 heavy (non-hydrogen) atoms. The van der Waals surface area contributed by atoms with E-state index in [4.69, 9.17) is 0 Å². The highest BCUT2D eigenvalue weighted by Crippen LogP contribution is 2.31. The van der Waals surface area contributed by atoms with Gasteiger partial charge in [-0.15, -0.1) is 0 Å². The van der Waals surface area contributed by atoms with Crippen molar-refractivity contribution in [2.75, 3.05) is 20.6 Å². The number of benzene rings is 1. The van der Waals surface area contributed by atoms with E-state index in [0.29, 0.717) is 17.6 Å². The molecule has 0 aliphatic carbocycles. The summed E-state index contributed by atoms with van der Waals surface area (Å²) < 4.78 is 0. The average molecular weight is 351 g/mol. The SMILES string of the molecule is CN(C)Cc1ccnc(C2CCCN2C(=O)c2ccc3n[nH]nc3c2)n1. The number of H-pyrrole nitrogens is 1. The van der Waals surface area contributed by atoms with E-state index in [-0.39, 0.29) is 11.9 Å². The van der Waals surface area contributed by atoms with Crippen molar-refractivity contribution in [3.05, 3.63) is 47.5 Å². The molecule has 1 N–H and O–H groups in total. The molecule has 1 unspecified atom stereocenters. The maximum Gasteiger partial charge on any atom is 0.254 e. The van der Waals surface area contributed by atoms with Gasteiger partial charge in [0.25, 0.3) is 5.91 Å². The number of fused-ring (bicyclic) bond motifs is 1. The van der Waals surface area contributed by atoms with Crippen molar-refractivity contribution in [3.8, 4) is 0 Å². The number of hydrogen-bond acceptors (Lipinski definition) is 6. The van der Waals surface area contributed by atoms with Gasteiger partial charge in [0.05, 0.1) is 11.7 Å². The third kappa shape index (κ3) is 3.15. The van der Waals surface area contributed by atoms with E-state index in [1.807, 2.05) is 31.1 Å². The molecule has 8 nitrogen and oxygen atoms in total. The molecular weight excluding hydrogens is 330 g/mol. The first-order valence-corrected chi connectivity index (χ1v) is 8.70. The Labute approximate surface area is 151 Å². The molecule has 2 aromatic heterocycles. The highest BCUT2D eigenvalue weighted by molar-refractivity contribution is 5.97. The fourth-order valence-corrected chi connectivity index (χ4v) is 3.40. The number of hydrogen-bond donors (Lipinski definition) is 1. The van der Waals surface area contributed by atoms with E-state index in [2.05, 4.69) is 30.3 Å². The number of carbonyl (C=O) groups excluding carboxylic acids is 1. The summed E-state index contributed by atoms with van der Waals surface area (Å²) >= 11 is 0. The number of amides is 1. The second-order valence-corrected chi connectivity index (χ2v) is 6.83. The molecule has 1 aromatic carbocycles. The van der Waals surface area contributed by atoms with Gasteiger partial charge >= 0.3 is 0 Å². The summed E-state index contributed by atoms with van der Waals surface area (Å²) in [4.78, 5) is 26.1. The lowest BCUT2D eigenvalue weighted by molar-refractivity contribution is 0.0729. The van der Waals surface area contributed by atoms with Crippen LogP contribution in [-0.4, -0.2) is 61.7 Å². The van der Waals surface area contributed by atoms with E-state index in [1.54, 1.807) is 18.3 Å². The summed E-state index contributed by atoms with van der Waals surface area (Å²) in [6, 6.07) is 7.22. The second kappa shape index (κ2) is 6.80. The Hall–Kier alpha value is -2.87. The maximum atomic E-state index is 13.1. The van der Waals surface area contributed by atoms with Crippen LogP contribution < -0.4 is 0 Å². The van der Waals surface area contributed by atoms with E-state index >= 15 is 0 Å². The van der Waals surface area contributed by atoms with E-state index in [1.165, 1.54) is 0 Å². The number of rotatable bonds is 4. The quantitative estimate of drug-likeness (QED) is 0.770. The number of likely N-dealkylation sites (tertiary alicyclic amines) is 1. The van der Waals surface area contributed by atoms with Crippen molar-refractivity contribution in [3.63, 3.8) is 0 Å². The number of aromatic amines is 1. The minimum absolute atomic E-state index is 0.0148. The van der Waals surface area contributed by atoms with Gasteiger partial charge in [-0.3, -0.25) is 4.79 Å². The summed E-state index contributed by atoms with van der Waals surface area (Å²) in [6.07, 6.45) is 3.61. The van der Waals surface area contributed by atoms with Crippen LogP contribution in [0.5, 0.6) is 0 Å². The number of nitrogens with zero attached hydrogens (tertiary/aromatic N) is 6. The van der Waals surface area contributed by atoms with E-state index in [0.717, 1.165) is 36.4 Å². The van der Waals surface area contributed by atoms with Gasteiger partial charge in [-0.25, -0.2) is 9.97 Å². The van der Waals surface area contributed by atoms with Crippen molar-refractivity contribution >= 4 is 16.9 Å².